The summed E-state index contributed by atoms with van der Waals surface area (Å²) in [5.74, 6) is 0.401. The highest BCUT2D eigenvalue weighted by atomic mass is 16.5. The smallest absolute Gasteiger partial charge is 0.338 e. The summed E-state index contributed by atoms with van der Waals surface area (Å²) < 4.78 is 11.9. The van der Waals surface area contributed by atoms with Crippen LogP contribution in [0.25, 0.3) is 16.7 Å². The third-order valence-electron chi connectivity index (χ3n) is 3.28. The Bertz CT molecular complexity index is 809. The van der Waals surface area contributed by atoms with Crippen LogP contribution >= 0.6 is 0 Å². The Labute approximate surface area is 127 Å². The molecular weight excluding hydrogens is 282 g/mol. The Morgan fingerprint density at radius 1 is 1.18 bits per heavy atom. The van der Waals surface area contributed by atoms with Crippen molar-refractivity contribution in [1.29, 1.82) is 0 Å². The molecule has 3 rings (SSSR count). The molecule has 0 spiro atoms. The molecule has 0 aliphatic carbocycles. The topological polar surface area (TPSA) is 66.2 Å². The van der Waals surface area contributed by atoms with Gasteiger partial charge in [-0.15, -0.1) is 5.10 Å². The number of carbonyl (C=O) groups excluding carboxylic acids is 1. The number of hydrogen-bond donors (Lipinski definition) is 0. The van der Waals surface area contributed by atoms with E-state index in [-0.39, 0.29) is 5.97 Å². The first-order valence-electron chi connectivity index (χ1n) is 6.90. The molecule has 0 atom stereocenters. The molecule has 0 amide bonds. The molecule has 0 radical (unpaired) electrons. The predicted octanol–water partition coefficient (Wildman–Crippen LogP) is 2.61. The summed E-state index contributed by atoms with van der Waals surface area (Å²) in [6.07, 6.45) is 0. The highest BCUT2D eigenvalue weighted by Crippen LogP contribution is 2.21. The lowest BCUT2D eigenvalue weighted by molar-refractivity contribution is 0.0526. The first-order chi connectivity index (χ1) is 10.7. The number of rotatable bonds is 4. The molecule has 1 aromatic heterocycles. The van der Waals surface area contributed by atoms with E-state index >= 15 is 0 Å². The number of aromatic nitrogens is 3. The minimum atomic E-state index is -0.334. The zero-order chi connectivity index (χ0) is 15.5. The fourth-order valence-electron chi connectivity index (χ4n) is 2.17. The van der Waals surface area contributed by atoms with Crippen molar-refractivity contribution >= 4 is 17.0 Å². The van der Waals surface area contributed by atoms with Crippen LogP contribution in [0.1, 0.15) is 17.3 Å². The predicted molar refractivity (Wildman–Crippen MR) is 81.4 cm³/mol. The average molecular weight is 297 g/mol. The summed E-state index contributed by atoms with van der Waals surface area (Å²) in [4.78, 5) is 11.7. The van der Waals surface area contributed by atoms with Gasteiger partial charge in [-0.05, 0) is 43.3 Å². The van der Waals surface area contributed by atoms with Crippen LogP contribution < -0.4 is 4.74 Å². The van der Waals surface area contributed by atoms with E-state index in [1.54, 1.807) is 43.0 Å². The van der Waals surface area contributed by atoms with Crippen LogP contribution in [0.2, 0.25) is 0 Å². The number of esters is 1. The third-order valence-corrected chi connectivity index (χ3v) is 3.28. The zero-order valence-corrected chi connectivity index (χ0v) is 12.3. The van der Waals surface area contributed by atoms with Crippen LogP contribution in [0.4, 0.5) is 0 Å². The van der Waals surface area contributed by atoms with Crippen molar-refractivity contribution in [1.82, 2.24) is 15.0 Å². The Kier molecular flexibility index (Phi) is 3.74. The number of methoxy groups -OCH3 is 1. The van der Waals surface area contributed by atoms with E-state index in [4.69, 9.17) is 9.47 Å². The zero-order valence-electron chi connectivity index (χ0n) is 12.3. The van der Waals surface area contributed by atoms with Gasteiger partial charge in [-0.25, -0.2) is 9.48 Å². The van der Waals surface area contributed by atoms with Crippen molar-refractivity contribution in [3.05, 3.63) is 48.0 Å². The number of nitrogens with zero attached hydrogens (tertiary/aromatic N) is 3. The van der Waals surface area contributed by atoms with E-state index in [2.05, 4.69) is 10.3 Å². The van der Waals surface area contributed by atoms with E-state index in [1.165, 1.54) is 0 Å². The van der Waals surface area contributed by atoms with Gasteiger partial charge in [0, 0.05) is 6.07 Å². The first-order valence-corrected chi connectivity index (χ1v) is 6.90. The summed E-state index contributed by atoms with van der Waals surface area (Å²) in [6.45, 7) is 2.13. The molecule has 2 aromatic carbocycles. The quantitative estimate of drug-likeness (QED) is 0.692. The summed E-state index contributed by atoms with van der Waals surface area (Å²) in [5.41, 5.74) is 2.93. The van der Waals surface area contributed by atoms with Crippen molar-refractivity contribution in [2.75, 3.05) is 13.7 Å². The number of carbonyl (C=O) groups is 1. The van der Waals surface area contributed by atoms with Gasteiger partial charge in [0.25, 0.3) is 0 Å². The van der Waals surface area contributed by atoms with Gasteiger partial charge in [-0.3, -0.25) is 0 Å². The SMILES string of the molecule is CCOC(=O)c1ccc(-n2nnc3ccc(OC)cc32)cc1. The van der Waals surface area contributed by atoms with E-state index in [0.717, 1.165) is 22.5 Å². The van der Waals surface area contributed by atoms with E-state index in [0.29, 0.717) is 12.2 Å². The van der Waals surface area contributed by atoms with Crippen LogP contribution in [0.5, 0.6) is 5.75 Å². The van der Waals surface area contributed by atoms with Gasteiger partial charge < -0.3 is 9.47 Å². The molecule has 0 saturated heterocycles. The van der Waals surface area contributed by atoms with Gasteiger partial charge in [0.15, 0.2) is 0 Å². The molecule has 3 aromatic rings. The molecule has 0 aliphatic heterocycles. The highest BCUT2D eigenvalue weighted by Gasteiger charge is 2.10. The fraction of sp³-hybridized carbons (Fsp3) is 0.188. The number of hydrogen-bond acceptors (Lipinski definition) is 5. The van der Waals surface area contributed by atoms with E-state index in [9.17, 15) is 4.79 Å². The van der Waals surface area contributed by atoms with Crippen LogP contribution in [0.15, 0.2) is 42.5 Å². The van der Waals surface area contributed by atoms with Gasteiger partial charge >= 0.3 is 5.97 Å². The largest absolute Gasteiger partial charge is 0.497 e. The molecule has 0 saturated carbocycles. The maximum absolute atomic E-state index is 11.7. The monoisotopic (exact) mass is 297 g/mol. The van der Waals surface area contributed by atoms with Crippen LogP contribution in [0.3, 0.4) is 0 Å². The normalized spacial score (nSPS) is 10.6. The summed E-state index contributed by atoms with van der Waals surface area (Å²) in [7, 11) is 1.61. The molecule has 6 heteroatoms. The average Bonchev–Trinajstić information content (AvgIpc) is 2.98. The van der Waals surface area contributed by atoms with Crippen LogP contribution in [-0.2, 0) is 4.74 Å². The Morgan fingerprint density at radius 2 is 1.95 bits per heavy atom. The maximum atomic E-state index is 11.7. The standard InChI is InChI=1S/C16H15N3O3/c1-3-22-16(20)11-4-6-12(7-5-11)19-15-10-13(21-2)8-9-14(15)17-18-19/h4-10H,3H2,1-2H3. The number of benzene rings is 2. The number of ether oxygens (including phenoxy) is 2. The van der Waals surface area contributed by atoms with E-state index < -0.39 is 0 Å². The van der Waals surface area contributed by atoms with Gasteiger partial charge in [-0.2, -0.15) is 0 Å². The van der Waals surface area contributed by atoms with Gasteiger partial charge in [0.05, 0.1) is 30.5 Å². The van der Waals surface area contributed by atoms with Crippen molar-refractivity contribution < 1.29 is 14.3 Å². The highest BCUT2D eigenvalue weighted by molar-refractivity contribution is 5.89. The molecule has 1 heterocycles. The molecule has 112 valence electrons. The lowest BCUT2D eigenvalue weighted by atomic mass is 10.2. The second-order valence-corrected chi connectivity index (χ2v) is 4.62. The lowest BCUT2D eigenvalue weighted by Crippen LogP contribution is -2.05. The second-order valence-electron chi connectivity index (χ2n) is 4.62. The summed E-state index contributed by atoms with van der Waals surface area (Å²) >= 11 is 0. The molecule has 0 unspecified atom stereocenters. The molecule has 0 N–H and O–H groups in total. The molecule has 0 fully saturated rings. The summed E-state index contributed by atoms with van der Waals surface area (Å²) in [5, 5.41) is 8.27. The Morgan fingerprint density at radius 3 is 2.64 bits per heavy atom. The molecular formula is C16H15N3O3. The Balaban J connectivity index is 1.99. The van der Waals surface area contributed by atoms with Crippen molar-refractivity contribution in [2.24, 2.45) is 0 Å². The first kappa shape index (κ1) is 14.1. The van der Waals surface area contributed by atoms with Crippen LogP contribution in [0, 0.1) is 0 Å². The molecule has 22 heavy (non-hydrogen) atoms. The second kappa shape index (κ2) is 5.85. The minimum Gasteiger partial charge on any atom is -0.497 e. The lowest BCUT2D eigenvalue weighted by Gasteiger charge is -2.05. The molecule has 0 aliphatic rings. The van der Waals surface area contributed by atoms with Gasteiger partial charge in [0.2, 0.25) is 0 Å². The number of fused-ring (bicyclic) bond motifs is 1. The summed E-state index contributed by atoms with van der Waals surface area (Å²) in [6, 6.07) is 12.6. The van der Waals surface area contributed by atoms with Crippen molar-refractivity contribution in [2.45, 2.75) is 6.92 Å². The maximum Gasteiger partial charge on any atom is 0.338 e. The van der Waals surface area contributed by atoms with Gasteiger partial charge in [-0.1, -0.05) is 5.21 Å². The fourth-order valence-corrected chi connectivity index (χ4v) is 2.17. The Hall–Kier alpha value is -2.89. The molecule has 0 bridgehead atoms. The molecule has 6 nitrogen and oxygen atoms in total. The van der Waals surface area contributed by atoms with E-state index in [1.807, 2.05) is 18.2 Å². The minimum absolute atomic E-state index is 0.334. The van der Waals surface area contributed by atoms with Crippen molar-refractivity contribution in [3.63, 3.8) is 0 Å². The third kappa shape index (κ3) is 2.50. The van der Waals surface area contributed by atoms with Crippen LogP contribution in [-0.4, -0.2) is 34.7 Å². The van der Waals surface area contributed by atoms with Crippen molar-refractivity contribution in [3.8, 4) is 11.4 Å². The van der Waals surface area contributed by atoms with Gasteiger partial charge in [0.1, 0.15) is 11.3 Å².